The number of ether oxygens (including phenoxy) is 1. The number of hydrogen-bond acceptors (Lipinski definition) is 2. The lowest BCUT2D eigenvalue weighted by Gasteiger charge is -2.27. The molecule has 0 heterocycles. The van der Waals surface area contributed by atoms with Crippen molar-refractivity contribution in [1.82, 2.24) is 5.32 Å². The molecule has 0 aliphatic rings. The molecule has 0 saturated heterocycles. The topological polar surface area (TPSA) is 21.3 Å². The summed E-state index contributed by atoms with van der Waals surface area (Å²) in [5, 5.41) is 3.59. The fourth-order valence-corrected chi connectivity index (χ4v) is 2.59. The minimum absolute atomic E-state index is 0.296. The van der Waals surface area contributed by atoms with E-state index in [2.05, 4.69) is 58.1 Å². The first-order chi connectivity index (χ1) is 9.12. The molecule has 19 heavy (non-hydrogen) atoms. The summed E-state index contributed by atoms with van der Waals surface area (Å²) in [6, 6.07) is 7.10. The molecule has 1 aromatic carbocycles. The van der Waals surface area contributed by atoms with Crippen LogP contribution in [0.3, 0.4) is 0 Å². The highest BCUT2D eigenvalue weighted by atomic mass is 16.5. The van der Waals surface area contributed by atoms with Crippen LogP contribution in [0.25, 0.3) is 0 Å². The van der Waals surface area contributed by atoms with Gasteiger partial charge in [0.1, 0.15) is 0 Å². The second-order valence-electron chi connectivity index (χ2n) is 5.20. The van der Waals surface area contributed by atoms with Crippen LogP contribution in [-0.2, 0) is 11.2 Å². The summed E-state index contributed by atoms with van der Waals surface area (Å²) in [5.41, 5.74) is 4.14. The molecule has 0 fully saturated rings. The SMILES string of the molecule is CCNC(Cc1cc(C)ccc1C)C(CC)OCC. The Balaban J connectivity index is 2.84. The average Bonchev–Trinajstić information content (AvgIpc) is 2.39. The van der Waals surface area contributed by atoms with Gasteiger partial charge in [-0.05, 0) is 51.3 Å². The molecule has 2 unspecified atom stereocenters. The van der Waals surface area contributed by atoms with E-state index >= 15 is 0 Å². The molecule has 0 aliphatic carbocycles. The van der Waals surface area contributed by atoms with Crippen LogP contribution >= 0.6 is 0 Å². The maximum atomic E-state index is 5.89. The third-order valence-electron chi connectivity index (χ3n) is 3.64. The first kappa shape index (κ1) is 16.2. The smallest absolute Gasteiger partial charge is 0.0728 e. The highest BCUT2D eigenvalue weighted by molar-refractivity contribution is 5.31. The summed E-state index contributed by atoms with van der Waals surface area (Å²) in [5.74, 6) is 0. The molecule has 0 aliphatic heterocycles. The summed E-state index contributed by atoms with van der Waals surface area (Å²) >= 11 is 0. The Morgan fingerprint density at radius 2 is 1.89 bits per heavy atom. The Kier molecular flexibility index (Phi) is 7.11. The minimum Gasteiger partial charge on any atom is -0.377 e. The first-order valence-electron chi connectivity index (χ1n) is 7.53. The summed E-state index contributed by atoms with van der Waals surface area (Å²) in [4.78, 5) is 0. The van der Waals surface area contributed by atoms with Gasteiger partial charge in [0.05, 0.1) is 6.10 Å². The van der Waals surface area contributed by atoms with Crippen LogP contribution in [0.1, 0.15) is 43.9 Å². The van der Waals surface area contributed by atoms with Gasteiger partial charge in [-0.3, -0.25) is 0 Å². The van der Waals surface area contributed by atoms with Gasteiger partial charge in [0.25, 0.3) is 0 Å². The maximum Gasteiger partial charge on any atom is 0.0728 e. The molecule has 0 radical (unpaired) electrons. The minimum atomic E-state index is 0.296. The standard InChI is InChI=1S/C17H29NO/c1-6-17(19-8-3)16(18-7-2)12-15-11-13(4)9-10-14(15)5/h9-11,16-18H,6-8,12H2,1-5H3. The zero-order chi connectivity index (χ0) is 14.3. The van der Waals surface area contributed by atoms with Gasteiger partial charge in [-0.15, -0.1) is 0 Å². The van der Waals surface area contributed by atoms with Crippen LogP contribution in [0.5, 0.6) is 0 Å². The van der Waals surface area contributed by atoms with E-state index in [9.17, 15) is 0 Å². The monoisotopic (exact) mass is 263 g/mol. The largest absolute Gasteiger partial charge is 0.377 e. The highest BCUT2D eigenvalue weighted by Gasteiger charge is 2.20. The van der Waals surface area contributed by atoms with E-state index in [4.69, 9.17) is 4.74 Å². The molecule has 0 aromatic heterocycles. The number of aryl methyl sites for hydroxylation is 2. The van der Waals surface area contributed by atoms with E-state index < -0.39 is 0 Å². The van der Waals surface area contributed by atoms with Crippen LogP contribution < -0.4 is 5.32 Å². The van der Waals surface area contributed by atoms with Crippen molar-refractivity contribution >= 4 is 0 Å². The fourth-order valence-electron chi connectivity index (χ4n) is 2.59. The summed E-state index contributed by atoms with van der Waals surface area (Å²) < 4.78 is 5.89. The Morgan fingerprint density at radius 1 is 1.16 bits per heavy atom. The van der Waals surface area contributed by atoms with Crippen molar-refractivity contribution in [2.24, 2.45) is 0 Å². The molecule has 2 heteroatoms. The molecule has 1 rings (SSSR count). The summed E-state index contributed by atoms with van der Waals surface area (Å²) in [6.07, 6.45) is 2.39. The molecule has 1 N–H and O–H groups in total. The third kappa shape index (κ3) is 4.96. The molecule has 0 amide bonds. The summed E-state index contributed by atoms with van der Waals surface area (Å²) in [6.45, 7) is 12.6. The fraction of sp³-hybridized carbons (Fsp3) is 0.647. The molecular formula is C17H29NO. The van der Waals surface area contributed by atoms with Gasteiger partial charge in [0.15, 0.2) is 0 Å². The zero-order valence-corrected chi connectivity index (χ0v) is 13.1. The maximum absolute atomic E-state index is 5.89. The second-order valence-corrected chi connectivity index (χ2v) is 5.20. The van der Waals surface area contributed by atoms with Crippen molar-refractivity contribution in [1.29, 1.82) is 0 Å². The van der Waals surface area contributed by atoms with Crippen molar-refractivity contribution in [3.8, 4) is 0 Å². The third-order valence-corrected chi connectivity index (χ3v) is 3.64. The van der Waals surface area contributed by atoms with E-state index in [1.54, 1.807) is 0 Å². The second kappa shape index (κ2) is 8.34. The van der Waals surface area contributed by atoms with Gasteiger partial charge in [0.2, 0.25) is 0 Å². The molecule has 0 spiro atoms. The van der Waals surface area contributed by atoms with E-state index in [-0.39, 0.29) is 0 Å². The average molecular weight is 263 g/mol. The number of nitrogens with one attached hydrogen (secondary N) is 1. The van der Waals surface area contributed by atoms with Crippen LogP contribution in [0, 0.1) is 13.8 Å². The molecule has 2 atom stereocenters. The Morgan fingerprint density at radius 3 is 2.47 bits per heavy atom. The Labute approximate surface area is 118 Å². The highest BCUT2D eigenvalue weighted by Crippen LogP contribution is 2.16. The molecule has 1 aromatic rings. The van der Waals surface area contributed by atoms with Gasteiger partial charge in [-0.25, -0.2) is 0 Å². The zero-order valence-electron chi connectivity index (χ0n) is 13.1. The van der Waals surface area contributed by atoms with Crippen LogP contribution in [-0.4, -0.2) is 25.3 Å². The van der Waals surface area contributed by atoms with Crippen molar-refractivity contribution in [3.63, 3.8) is 0 Å². The lowest BCUT2D eigenvalue weighted by atomic mass is 9.95. The van der Waals surface area contributed by atoms with Crippen molar-refractivity contribution in [3.05, 3.63) is 34.9 Å². The Hall–Kier alpha value is -0.860. The van der Waals surface area contributed by atoms with E-state index in [1.165, 1.54) is 16.7 Å². The number of likely N-dealkylation sites (N-methyl/N-ethyl adjacent to an activating group) is 1. The van der Waals surface area contributed by atoms with Gasteiger partial charge in [-0.2, -0.15) is 0 Å². The molecular weight excluding hydrogens is 234 g/mol. The van der Waals surface area contributed by atoms with Crippen molar-refractivity contribution in [2.75, 3.05) is 13.2 Å². The quantitative estimate of drug-likeness (QED) is 0.773. The van der Waals surface area contributed by atoms with E-state index in [1.807, 2.05) is 0 Å². The van der Waals surface area contributed by atoms with Gasteiger partial charge in [0, 0.05) is 12.6 Å². The molecule has 0 bridgehead atoms. The van der Waals surface area contributed by atoms with Gasteiger partial charge < -0.3 is 10.1 Å². The van der Waals surface area contributed by atoms with Gasteiger partial charge in [-0.1, -0.05) is 37.6 Å². The molecule has 0 saturated carbocycles. The van der Waals surface area contributed by atoms with Gasteiger partial charge >= 0.3 is 0 Å². The lowest BCUT2D eigenvalue weighted by Crippen LogP contribution is -2.43. The normalized spacial score (nSPS) is 14.4. The first-order valence-corrected chi connectivity index (χ1v) is 7.53. The lowest BCUT2D eigenvalue weighted by molar-refractivity contribution is 0.0323. The van der Waals surface area contributed by atoms with Crippen LogP contribution in [0.2, 0.25) is 0 Å². The molecule has 108 valence electrons. The number of rotatable bonds is 8. The van der Waals surface area contributed by atoms with E-state index in [0.717, 1.165) is 26.0 Å². The number of benzene rings is 1. The van der Waals surface area contributed by atoms with E-state index in [0.29, 0.717) is 12.1 Å². The van der Waals surface area contributed by atoms with Crippen molar-refractivity contribution in [2.45, 2.75) is 59.6 Å². The van der Waals surface area contributed by atoms with Crippen LogP contribution in [0.4, 0.5) is 0 Å². The predicted molar refractivity (Wildman–Crippen MR) is 82.8 cm³/mol. The van der Waals surface area contributed by atoms with Crippen molar-refractivity contribution < 1.29 is 4.74 Å². The number of hydrogen-bond donors (Lipinski definition) is 1. The Bertz CT molecular complexity index is 376. The van der Waals surface area contributed by atoms with Crippen LogP contribution in [0.15, 0.2) is 18.2 Å². The molecule has 2 nitrogen and oxygen atoms in total. The summed E-state index contributed by atoms with van der Waals surface area (Å²) in [7, 11) is 0. The predicted octanol–water partition coefficient (Wildman–Crippen LogP) is 3.64.